The molecule has 13 nitrogen and oxygen atoms in total. The van der Waals surface area contributed by atoms with E-state index in [1.165, 1.54) is 0 Å². The summed E-state index contributed by atoms with van der Waals surface area (Å²) in [5.74, 6) is 0.0398. The van der Waals surface area contributed by atoms with E-state index < -0.39 is 44.6 Å². The van der Waals surface area contributed by atoms with E-state index >= 15 is 0 Å². The van der Waals surface area contributed by atoms with E-state index in [2.05, 4.69) is 19.5 Å². The van der Waals surface area contributed by atoms with Crippen LogP contribution in [0.15, 0.2) is 11.1 Å². The highest BCUT2D eigenvalue weighted by atomic mass is 31.2. The maximum Gasteiger partial charge on any atom is 0.402 e. The number of aliphatic hydroxyl groups excluding tert-OH is 2. The second-order valence-corrected chi connectivity index (χ2v) is 7.03. The van der Waals surface area contributed by atoms with Gasteiger partial charge in [-0.25, -0.2) is 29.4 Å². The lowest BCUT2D eigenvalue weighted by molar-refractivity contribution is -0.0502. The number of rotatable bonds is 5. The van der Waals surface area contributed by atoms with Crippen molar-refractivity contribution in [3.8, 4) is 0 Å². The van der Waals surface area contributed by atoms with Crippen molar-refractivity contribution in [3.63, 3.8) is 0 Å². The topological polar surface area (TPSA) is 201 Å². The highest BCUT2D eigenvalue weighted by molar-refractivity contribution is 7.51. The van der Waals surface area contributed by atoms with Crippen LogP contribution in [0.5, 0.6) is 0 Å². The zero-order valence-corrected chi connectivity index (χ0v) is 13.9. The highest BCUT2D eigenvalue weighted by Crippen LogP contribution is 2.39. The first-order chi connectivity index (χ1) is 11.7. The van der Waals surface area contributed by atoms with Gasteiger partial charge in [-0.3, -0.25) is 4.52 Å². The first-order valence-electron chi connectivity index (χ1n) is 7.06. The van der Waals surface area contributed by atoms with E-state index in [4.69, 9.17) is 20.5 Å². The van der Waals surface area contributed by atoms with Gasteiger partial charge >= 0.3 is 13.4 Å². The van der Waals surface area contributed by atoms with E-state index in [1.807, 2.05) is 0 Å². The molecule has 0 aromatic carbocycles. The molecule has 138 valence electrons. The van der Waals surface area contributed by atoms with Crippen LogP contribution in [0.1, 0.15) is 6.23 Å². The summed E-state index contributed by atoms with van der Waals surface area (Å²) in [6, 6.07) is 0. The van der Waals surface area contributed by atoms with Gasteiger partial charge in [0.05, 0.1) is 6.61 Å². The number of fused-ring (bicyclic) bond motifs is 1. The van der Waals surface area contributed by atoms with E-state index in [-0.39, 0.29) is 17.0 Å². The van der Waals surface area contributed by atoms with Gasteiger partial charge in [0.2, 0.25) is 0 Å². The smallest absolute Gasteiger partial charge is 0.387 e. The fourth-order valence-corrected chi connectivity index (χ4v) is 2.96. The van der Waals surface area contributed by atoms with Crippen molar-refractivity contribution in [1.82, 2.24) is 19.5 Å². The van der Waals surface area contributed by atoms with Gasteiger partial charge in [-0.1, -0.05) is 0 Å². The van der Waals surface area contributed by atoms with Gasteiger partial charge in [0.15, 0.2) is 17.7 Å². The summed E-state index contributed by atoms with van der Waals surface area (Å²) in [6.45, 7) is -0.426. The fraction of sp³-hybridized carbons (Fsp3) is 0.545. The van der Waals surface area contributed by atoms with Gasteiger partial charge in [0.1, 0.15) is 30.2 Å². The Morgan fingerprint density at radius 2 is 2.16 bits per heavy atom. The Hall–Kier alpha value is -1.86. The van der Waals surface area contributed by atoms with E-state index in [0.717, 1.165) is 18.0 Å². The lowest BCUT2D eigenvalue weighted by atomic mass is 10.1. The molecule has 1 fully saturated rings. The molecule has 0 aliphatic carbocycles. The molecular weight excluding hydrogens is 359 g/mol. The third-order valence-electron chi connectivity index (χ3n) is 3.80. The van der Waals surface area contributed by atoms with Crippen molar-refractivity contribution in [2.75, 3.05) is 19.5 Å². The molecule has 2 aromatic rings. The molecule has 0 spiro atoms. The summed E-state index contributed by atoms with van der Waals surface area (Å²) in [7, 11) is -2.69. The molecule has 0 radical (unpaired) electrons. The summed E-state index contributed by atoms with van der Waals surface area (Å²) in [5, 5.41) is 20.3. The first-order valence-corrected chi connectivity index (χ1v) is 8.67. The van der Waals surface area contributed by atoms with Gasteiger partial charge in [-0.15, -0.1) is 0 Å². The molecule has 3 heterocycles. The minimum atomic E-state index is -3.79. The number of aromatic nitrogens is 4. The van der Waals surface area contributed by atoms with Crippen LogP contribution in [-0.4, -0.2) is 61.8 Å². The fourth-order valence-electron chi connectivity index (χ4n) is 2.50. The SMILES string of the molecule is CO[P@@](N)(=O)OC[C@H]1O[C@@H](n2c(=O)[nH]c3c(N)ncnc32)[C@H](O)[C@@H]1O. The number of aliphatic hydroxyl groups is 2. The van der Waals surface area contributed by atoms with Gasteiger partial charge in [0.25, 0.3) is 0 Å². The second kappa shape index (κ2) is 6.46. The van der Waals surface area contributed by atoms with Gasteiger partial charge in [-0.05, 0) is 0 Å². The zero-order valence-electron chi connectivity index (χ0n) is 13.0. The van der Waals surface area contributed by atoms with Crippen molar-refractivity contribution >= 4 is 24.7 Å². The normalized spacial score (nSPS) is 29.1. The summed E-state index contributed by atoms with van der Waals surface area (Å²) in [6.07, 6.45) is -4.16. The number of H-pyrrole nitrogens is 1. The predicted octanol–water partition coefficient (Wildman–Crippen LogP) is -1.95. The number of nitrogens with two attached hydrogens (primary N) is 2. The molecule has 5 atom stereocenters. The summed E-state index contributed by atoms with van der Waals surface area (Å²) >= 11 is 0. The minimum absolute atomic E-state index is 0.0398. The van der Waals surface area contributed by atoms with Crippen molar-refractivity contribution in [2.45, 2.75) is 24.5 Å². The number of nitrogen functional groups attached to an aromatic ring is 1. The van der Waals surface area contributed by atoms with Gasteiger partial charge in [0, 0.05) is 7.11 Å². The molecular formula is C11H17N6O7P. The van der Waals surface area contributed by atoms with Gasteiger partial charge in [-0.2, -0.15) is 0 Å². The molecule has 14 heteroatoms. The summed E-state index contributed by atoms with van der Waals surface area (Å²) < 4.78 is 27.4. The number of imidazole rings is 1. The highest BCUT2D eigenvalue weighted by Gasteiger charge is 2.45. The number of hydrogen-bond donors (Lipinski definition) is 5. The molecule has 1 aliphatic heterocycles. The Morgan fingerprint density at radius 3 is 2.84 bits per heavy atom. The third kappa shape index (κ3) is 3.18. The minimum Gasteiger partial charge on any atom is -0.387 e. The Labute approximate surface area is 140 Å². The Morgan fingerprint density at radius 1 is 1.44 bits per heavy atom. The molecule has 0 bridgehead atoms. The standard InChI is InChI=1S/C11H17N6O7P/c1-22-25(13,21)23-2-4-6(18)7(19)10(24-4)17-9-5(16-11(17)20)8(12)14-3-15-9/h3-4,6-7,10,18-19H,2H2,1H3,(H2,13,21)(H,16,20)(H2,12,14,15)/t4-,6-,7-,10-,25-/m1/s1. The lowest BCUT2D eigenvalue weighted by Gasteiger charge is -2.17. The molecule has 0 saturated carbocycles. The van der Waals surface area contributed by atoms with Crippen LogP contribution in [0, 0.1) is 0 Å². The Bertz CT molecular complexity index is 883. The third-order valence-corrected chi connectivity index (χ3v) is 4.82. The molecule has 25 heavy (non-hydrogen) atoms. The van der Waals surface area contributed by atoms with Crippen LogP contribution < -0.4 is 16.9 Å². The van der Waals surface area contributed by atoms with Crippen molar-refractivity contribution in [3.05, 3.63) is 16.8 Å². The van der Waals surface area contributed by atoms with Crippen LogP contribution in [0.25, 0.3) is 11.2 Å². The largest absolute Gasteiger partial charge is 0.402 e. The average Bonchev–Trinajstić information content (AvgIpc) is 3.04. The number of hydrogen-bond acceptors (Lipinski definition) is 10. The molecule has 0 amide bonds. The maximum absolute atomic E-state index is 12.2. The van der Waals surface area contributed by atoms with Crippen molar-refractivity contribution in [1.29, 1.82) is 0 Å². The number of ether oxygens (including phenoxy) is 1. The number of nitrogens with zero attached hydrogens (tertiary/aromatic N) is 3. The molecule has 3 rings (SSSR count). The van der Waals surface area contributed by atoms with Crippen LogP contribution >= 0.6 is 7.75 Å². The maximum atomic E-state index is 12.2. The summed E-state index contributed by atoms with van der Waals surface area (Å²) in [4.78, 5) is 22.3. The number of nitrogens with one attached hydrogen (secondary N) is 1. The quantitative estimate of drug-likeness (QED) is 0.363. The first kappa shape index (κ1) is 17.9. The molecule has 1 saturated heterocycles. The summed E-state index contributed by atoms with van der Waals surface area (Å²) in [5.41, 5.74) is 10.5. The van der Waals surface area contributed by atoms with Crippen LogP contribution in [0.3, 0.4) is 0 Å². The monoisotopic (exact) mass is 376 g/mol. The van der Waals surface area contributed by atoms with Crippen molar-refractivity contribution in [2.24, 2.45) is 5.50 Å². The molecule has 7 N–H and O–H groups in total. The Balaban J connectivity index is 1.89. The van der Waals surface area contributed by atoms with Crippen LogP contribution in [0.4, 0.5) is 5.82 Å². The average molecular weight is 376 g/mol. The number of aromatic amines is 1. The Kier molecular flexibility index (Phi) is 4.64. The second-order valence-electron chi connectivity index (χ2n) is 5.32. The molecule has 1 aliphatic rings. The van der Waals surface area contributed by atoms with Crippen LogP contribution in [-0.2, 0) is 18.3 Å². The lowest BCUT2D eigenvalue weighted by Crippen LogP contribution is -2.35. The van der Waals surface area contributed by atoms with Crippen molar-refractivity contribution < 1.29 is 28.6 Å². The zero-order chi connectivity index (χ0) is 18.4. The number of anilines is 1. The van der Waals surface area contributed by atoms with E-state index in [1.54, 1.807) is 0 Å². The predicted molar refractivity (Wildman–Crippen MR) is 83.2 cm³/mol. The molecule has 0 unspecified atom stereocenters. The molecule has 2 aromatic heterocycles. The van der Waals surface area contributed by atoms with E-state index in [0.29, 0.717) is 0 Å². The van der Waals surface area contributed by atoms with E-state index in [9.17, 15) is 19.6 Å². The van der Waals surface area contributed by atoms with Gasteiger partial charge < -0.3 is 30.2 Å². The van der Waals surface area contributed by atoms with Crippen LogP contribution in [0.2, 0.25) is 0 Å².